The number of rotatable bonds is 4. The van der Waals surface area contributed by atoms with Crippen molar-refractivity contribution in [2.45, 2.75) is 0 Å². The summed E-state index contributed by atoms with van der Waals surface area (Å²) in [6, 6.07) is 14.7. The Morgan fingerprint density at radius 2 is 1.22 bits per heavy atom. The summed E-state index contributed by atoms with van der Waals surface area (Å²) in [6.07, 6.45) is 3.72. The van der Waals surface area contributed by atoms with Crippen LogP contribution in [0.15, 0.2) is 64.8 Å². The quantitative estimate of drug-likeness (QED) is 0.320. The molecule has 0 fully saturated rings. The van der Waals surface area contributed by atoms with Gasteiger partial charge < -0.3 is 10.6 Å². The molecule has 7 nitrogen and oxygen atoms in total. The van der Waals surface area contributed by atoms with E-state index in [9.17, 15) is 0 Å². The Balaban J connectivity index is 0.00000133. The molecule has 0 saturated heterocycles. The predicted octanol–water partition coefficient (Wildman–Crippen LogP) is 5.18. The summed E-state index contributed by atoms with van der Waals surface area (Å²) in [4.78, 5) is 23.4. The van der Waals surface area contributed by atoms with Crippen molar-refractivity contribution < 1.29 is 0 Å². The van der Waals surface area contributed by atoms with Gasteiger partial charge in [-0.25, -0.2) is 9.97 Å². The first-order valence-electron chi connectivity index (χ1n) is 11.2. The molecule has 2 N–H and O–H groups in total. The van der Waals surface area contributed by atoms with Crippen LogP contribution in [0.1, 0.15) is 11.1 Å². The molecule has 2 aliphatic rings. The SMILES string of the molecule is Cl.Cl.c1cc(-c2nc3ccc(C4=NCCN4)cc3s2)c(-c2nc3ccc(C4=NCCN4)cc3s2)cn1. The van der Waals surface area contributed by atoms with Crippen LogP contribution in [0.3, 0.4) is 0 Å². The van der Waals surface area contributed by atoms with Crippen LogP contribution < -0.4 is 10.6 Å². The summed E-state index contributed by atoms with van der Waals surface area (Å²) in [5.74, 6) is 1.93. The van der Waals surface area contributed by atoms with E-state index in [1.54, 1.807) is 22.7 Å². The zero-order valence-electron chi connectivity index (χ0n) is 18.9. The fourth-order valence-electron chi connectivity index (χ4n) is 4.31. The van der Waals surface area contributed by atoms with Gasteiger partial charge in [0.05, 0.1) is 33.5 Å². The van der Waals surface area contributed by atoms with Crippen molar-refractivity contribution in [1.29, 1.82) is 0 Å². The standard InChI is InChI=1S/C25H19N7S2.2ClH/c1-3-18-20(11-14(1)22-27-7-8-28-22)33-24(31-18)16-5-6-26-13-17(16)25-32-19-4-2-15(12-21(19)34-25)23-29-9-10-30-23;;/h1-6,11-13H,7-10H2,(H,27,28)(H,29,30);2*1H. The van der Waals surface area contributed by atoms with Crippen LogP contribution in [0.4, 0.5) is 0 Å². The van der Waals surface area contributed by atoms with E-state index in [-0.39, 0.29) is 24.8 Å². The number of amidine groups is 2. The summed E-state index contributed by atoms with van der Waals surface area (Å²) >= 11 is 3.37. The topological polar surface area (TPSA) is 87.5 Å². The molecule has 0 radical (unpaired) electrons. The Morgan fingerprint density at radius 1 is 0.667 bits per heavy atom. The molecule has 0 saturated carbocycles. The smallest absolute Gasteiger partial charge is 0.128 e. The highest BCUT2D eigenvalue weighted by molar-refractivity contribution is 7.22. The van der Waals surface area contributed by atoms with Crippen molar-refractivity contribution in [3.8, 4) is 21.1 Å². The van der Waals surface area contributed by atoms with Crippen LogP contribution in [0, 0.1) is 0 Å². The summed E-state index contributed by atoms with van der Waals surface area (Å²) in [6.45, 7) is 3.45. The van der Waals surface area contributed by atoms with Gasteiger partial charge in [-0.3, -0.25) is 15.0 Å². The zero-order valence-corrected chi connectivity index (χ0v) is 22.2. The predicted molar refractivity (Wildman–Crippen MR) is 155 cm³/mol. The fraction of sp³-hybridized carbons (Fsp3) is 0.160. The Labute approximate surface area is 227 Å². The molecule has 0 aliphatic carbocycles. The fourth-order valence-corrected chi connectivity index (χ4v) is 6.38. The van der Waals surface area contributed by atoms with Gasteiger partial charge in [0.1, 0.15) is 21.7 Å². The summed E-state index contributed by atoms with van der Waals surface area (Å²) < 4.78 is 2.28. The van der Waals surface area contributed by atoms with Gasteiger partial charge in [0.15, 0.2) is 0 Å². The first-order chi connectivity index (χ1) is 16.8. The largest absolute Gasteiger partial charge is 0.368 e. The molecule has 3 aromatic heterocycles. The monoisotopic (exact) mass is 553 g/mol. The molecule has 2 aliphatic heterocycles. The summed E-state index contributed by atoms with van der Waals surface area (Å²) in [7, 11) is 0. The molecular formula is C25H21Cl2N7S2. The number of halogens is 2. The van der Waals surface area contributed by atoms with E-state index >= 15 is 0 Å². The highest BCUT2D eigenvalue weighted by Gasteiger charge is 2.17. The third-order valence-electron chi connectivity index (χ3n) is 5.95. The average molecular weight is 555 g/mol. The van der Waals surface area contributed by atoms with E-state index in [2.05, 4.69) is 62.0 Å². The van der Waals surface area contributed by atoms with Gasteiger partial charge in [0.2, 0.25) is 0 Å². The number of nitrogens with zero attached hydrogens (tertiary/aromatic N) is 5. The number of fused-ring (bicyclic) bond motifs is 2. The van der Waals surface area contributed by atoms with Crippen LogP contribution in [0.2, 0.25) is 0 Å². The number of pyridine rings is 1. The lowest BCUT2D eigenvalue weighted by Crippen LogP contribution is -2.19. The minimum absolute atomic E-state index is 0. The highest BCUT2D eigenvalue weighted by Crippen LogP contribution is 2.39. The molecule has 5 heterocycles. The summed E-state index contributed by atoms with van der Waals surface area (Å²) in [5, 5.41) is 8.61. The van der Waals surface area contributed by atoms with E-state index in [0.717, 1.165) is 90.6 Å². The molecule has 11 heteroatoms. The van der Waals surface area contributed by atoms with E-state index in [1.165, 1.54) is 0 Å². The van der Waals surface area contributed by atoms with E-state index < -0.39 is 0 Å². The normalized spacial score (nSPS) is 14.6. The molecule has 5 aromatic rings. The van der Waals surface area contributed by atoms with Crippen molar-refractivity contribution in [3.05, 3.63) is 66.0 Å². The lowest BCUT2D eigenvalue weighted by molar-refractivity contribution is 0.960. The first kappa shape index (κ1) is 24.6. The van der Waals surface area contributed by atoms with Crippen LogP contribution in [-0.2, 0) is 0 Å². The van der Waals surface area contributed by atoms with Crippen molar-refractivity contribution in [2.24, 2.45) is 9.98 Å². The zero-order chi connectivity index (χ0) is 22.5. The van der Waals surface area contributed by atoms with Gasteiger partial charge in [0.25, 0.3) is 0 Å². The average Bonchev–Trinajstić information content (AvgIpc) is 3.69. The van der Waals surface area contributed by atoms with Gasteiger partial charge in [-0.15, -0.1) is 47.5 Å². The second-order valence-electron chi connectivity index (χ2n) is 8.14. The maximum absolute atomic E-state index is 4.94. The number of thiazole rings is 2. The molecule has 7 rings (SSSR count). The number of nitrogens with one attached hydrogen (secondary N) is 2. The Kier molecular flexibility index (Phi) is 6.90. The molecule has 0 spiro atoms. The molecular weight excluding hydrogens is 533 g/mol. The van der Waals surface area contributed by atoms with Crippen molar-refractivity contribution in [3.63, 3.8) is 0 Å². The molecule has 0 bridgehead atoms. The van der Waals surface area contributed by atoms with Crippen molar-refractivity contribution in [1.82, 2.24) is 25.6 Å². The minimum Gasteiger partial charge on any atom is -0.368 e. The lowest BCUT2D eigenvalue weighted by Gasteiger charge is -2.02. The van der Waals surface area contributed by atoms with Gasteiger partial charge in [-0.1, -0.05) is 0 Å². The second kappa shape index (κ2) is 10.1. The number of hydrogen-bond donors (Lipinski definition) is 2. The van der Waals surface area contributed by atoms with E-state index in [1.807, 2.05) is 18.5 Å². The summed E-state index contributed by atoms with van der Waals surface area (Å²) in [5.41, 5.74) is 6.24. The van der Waals surface area contributed by atoms with E-state index in [4.69, 9.17) is 9.97 Å². The molecule has 36 heavy (non-hydrogen) atoms. The van der Waals surface area contributed by atoms with Crippen molar-refractivity contribution in [2.75, 3.05) is 26.2 Å². The number of aliphatic imine (C=N–C) groups is 2. The van der Waals surface area contributed by atoms with Gasteiger partial charge in [-0.2, -0.15) is 0 Å². The molecule has 0 atom stereocenters. The van der Waals surface area contributed by atoms with Gasteiger partial charge in [0, 0.05) is 47.7 Å². The maximum Gasteiger partial charge on any atom is 0.128 e. The van der Waals surface area contributed by atoms with Gasteiger partial charge in [-0.05, 0) is 42.5 Å². The number of aromatic nitrogens is 3. The minimum atomic E-state index is 0. The van der Waals surface area contributed by atoms with E-state index in [0.29, 0.717) is 0 Å². The third kappa shape index (κ3) is 4.32. The first-order valence-corrected chi connectivity index (χ1v) is 12.8. The Hall–Kier alpha value is -3.11. The third-order valence-corrected chi connectivity index (χ3v) is 8.06. The van der Waals surface area contributed by atoms with Gasteiger partial charge >= 0.3 is 0 Å². The maximum atomic E-state index is 4.94. The Morgan fingerprint density at radius 3 is 1.75 bits per heavy atom. The molecule has 182 valence electrons. The van der Waals surface area contributed by atoms with Crippen LogP contribution >= 0.6 is 47.5 Å². The lowest BCUT2D eigenvalue weighted by atomic mass is 10.1. The number of hydrogen-bond acceptors (Lipinski definition) is 9. The number of benzene rings is 2. The Bertz CT molecular complexity index is 1520. The molecule has 0 unspecified atom stereocenters. The van der Waals surface area contributed by atoms with Crippen LogP contribution in [0.25, 0.3) is 41.6 Å². The highest BCUT2D eigenvalue weighted by atomic mass is 35.5. The molecule has 0 amide bonds. The second-order valence-corrected chi connectivity index (χ2v) is 10.2. The van der Waals surface area contributed by atoms with Crippen LogP contribution in [-0.4, -0.2) is 52.8 Å². The van der Waals surface area contributed by atoms with Crippen molar-refractivity contribution >= 4 is 79.6 Å². The molecule has 2 aromatic carbocycles. The van der Waals surface area contributed by atoms with Crippen LogP contribution in [0.5, 0.6) is 0 Å².